The van der Waals surface area contributed by atoms with E-state index >= 15 is 0 Å². The molecule has 0 radical (unpaired) electrons. The van der Waals surface area contributed by atoms with Gasteiger partial charge in [-0.05, 0) is 38.0 Å². The van der Waals surface area contributed by atoms with Crippen LogP contribution in [0.3, 0.4) is 0 Å². The zero-order valence-corrected chi connectivity index (χ0v) is 19.8. The summed E-state index contributed by atoms with van der Waals surface area (Å²) in [6, 6.07) is 1.20. The van der Waals surface area contributed by atoms with E-state index in [-0.39, 0.29) is 35.8 Å². The molecule has 2 fully saturated rings. The van der Waals surface area contributed by atoms with Crippen molar-refractivity contribution in [2.24, 2.45) is 17.6 Å². The summed E-state index contributed by atoms with van der Waals surface area (Å²) in [6.45, 7) is 3.38. The number of fused-ring (bicyclic) bond motifs is 1. The van der Waals surface area contributed by atoms with E-state index in [1.54, 1.807) is 10.8 Å². The molecule has 1 amide bonds. The topological polar surface area (TPSA) is 120 Å². The third-order valence-electron chi connectivity index (χ3n) is 7.10. The summed E-state index contributed by atoms with van der Waals surface area (Å²) in [5.74, 6) is -2.89. The van der Waals surface area contributed by atoms with E-state index < -0.39 is 23.1 Å². The number of amides is 1. The Labute approximate surface area is 205 Å². The van der Waals surface area contributed by atoms with E-state index in [0.29, 0.717) is 68.1 Å². The van der Waals surface area contributed by atoms with Crippen molar-refractivity contribution in [3.63, 3.8) is 0 Å². The van der Waals surface area contributed by atoms with Gasteiger partial charge in [-0.15, -0.1) is 0 Å². The molecule has 1 aliphatic heterocycles. The van der Waals surface area contributed by atoms with Gasteiger partial charge in [0.05, 0.1) is 12.8 Å². The fourth-order valence-electron chi connectivity index (χ4n) is 5.05. The van der Waals surface area contributed by atoms with Crippen LogP contribution in [0.1, 0.15) is 45.1 Å². The van der Waals surface area contributed by atoms with Crippen molar-refractivity contribution < 1.29 is 22.7 Å². The molecule has 192 valence electrons. The van der Waals surface area contributed by atoms with Crippen LogP contribution in [-0.2, 0) is 9.53 Å². The highest BCUT2D eigenvalue weighted by atomic mass is 19.1. The number of carbonyl (C=O) groups excluding carboxylic acids is 1. The maximum Gasteiger partial charge on any atom is 0.224 e. The lowest BCUT2D eigenvalue weighted by atomic mass is 9.85. The summed E-state index contributed by atoms with van der Waals surface area (Å²) in [4.78, 5) is 25.3. The summed E-state index contributed by atoms with van der Waals surface area (Å²) in [6.07, 6.45) is 4.73. The summed E-state index contributed by atoms with van der Waals surface area (Å²) < 4.78 is 49.6. The molecule has 1 aliphatic carbocycles. The summed E-state index contributed by atoms with van der Waals surface area (Å²) in [5, 5.41) is 6.08. The molecule has 36 heavy (non-hydrogen) atoms. The molecule has 3 aromatic rings. The molecule has 0 bridgehead atoms. The Bertz CT molecular complexity index is 1250. The van der Waals surface area contributed by atoms with E-state index in [1.165, 1.54) is 0 Å². The van der Waals surface area contributed by atoms with E-state index in [0.717, 1.165) is 6.42 Å². The molecule has 9 nitrogen and oxygen atoms in total. The fourth-order valence-corrected chi connectivity index (χ4v) is 5.05. The van der Waals surface area contributed by atoms with Crippen LogP contribution in [0, 0.1) is 29.3 Å². The Kier molecular flexibility index (Phi) is 6.69. The van der Waals surface area contributed by atoms with Crippen molar-refractivity contribution >= 4 is 34.7 Å². The van der Waals surface area contributed by atoms with Gasteiger partial charge in [0.25, 0.3) is 0 Å². The lowest BCUT2D eigenvalue weighted by Gasteiger charge is -2.30. The Morgan fingerprint density at radius 2 is 1.83 bits per heavy atom. The number of aromatic nitrogens is 4. The van der Waals surface area contributed by atoms with Crippen molar-refractivity contribution in [2.45, 2.75) is 51.1 Å². The average Bonchev–Trinajstić information content (AvgIpc) is 3.20. The number of carbonyl (C=O) groups is 1. The highest BCUT2D eigenvalue weighted by Crippen LogP contribution is 2.37. The van der Waals surface area contributed by atoms with Crippen molar-refractivity contribution in [1.82, 2.24) is 19.5 Å². The zero-order valence-electron chi connectivity index (χ0n) is 19.8. The van der Waals surface area contributed by atoms with Crippen molar-refractivity contribution in [2.75, 3.05) is 23.8 Å². The first-order valence-corrected chi connectivity index (χ1v) is 12.1. The largest absolute Gasteiger partial charge is 0.381 e. The van der Waals surface area contributed by atoms with E-state index in [2.05, 4.69) is 27.5 Å². The average molecular weight is 504 g/mol. The molecule has 4 N–H and O–H groups in total. The number of nitrogens with one attached hydrogen (secondary N) is 2. The molecule has 2 aromatic heterocycles. The number of benzene rings is 1. The lowest BCUT2D eigenvalue weighted by molar-refractivity contribution is -0.122. The molecule has 5 rings (SSSR count). The highest BCUT2D eigenvalue weighted by Gasteiger charge is 2.30. The number of hydrogen-bond acceptors (Lipinski definition) is 7. The van der Waals surface area contributed by atoms with Crippen LogP contribution in [0.5, 0.6) is 0 Å². The van der Waals surface area contributed by atoms with Gasteiger partial charge >= 0.3 is 0 Å². The number of hydrogen-bond donors (Lipinski definition) is 3. The number of halogens is 3. The van der Waals surface area contributed by atoms with Crippen molar-refractivity contribution in [3.05, 3.63) is 35.8 Å². The Morgan fingerprint density at radius 1 is 1.11 bits per heavy atom. The minimum Gasteiger partial charge on any atom is -0.381 e. The number of anilines is 3. The van der Waals surface area contributed by atoms with Gasteiger partial charge in [-0.3, -0.25) is 9.36 Å². The predicted octanol–water partition coefficient (Wildman–Crippen LogP) is 4.04. The standard InChI is InChI=1S/C24H28F3N7O2/c1-12-11-36-7-6-18(12)30-23-29-10-19-22(33-23)34(15-4-2-13(3-5-15)21(28)35)24(31-19)32-20-16(26)8-14(25)9-17(20)27/h8-10,12-13,15,18H,2-7,11H2,1H3,(H2,28,35)(H,31,32)(H,29,30,33)/t12-,13?,15?,18?/m1/s1. The van der Waals surface area contributed by atoms with Crippen molar-refractivity contribution in [3.8, 4) is 0 Å². The van der Waals surface area contributed by atoms with Gasteiger partial charge in [-0.25, -0.2) is 23.1 Å². The summed E-state index contributed by atoms with van der Waals surface area (Å²) in [7, 11) is 0. The van der Waals surface area contributed by atoms with Gasteiger partial charge in [0.1, 0.15) is 17.0 Å². The monoisotopic (exact) mass is 503 g/mol. The molecule has 1 saturated heterocycles. The highest BCUT2D eigenvalue weighted by molar-refractivity contribution is 5.78. The van der Waals surface area contributed by atoms with E-state index in [4.69, 9.17) is 15.5 Å². The molecule has 0 spiro atoms. The first kappa shape index (κ1) is 24.3. The molecular formula is C24H28F3N7O2. The quantitative estimate of drug-likeness (QED) is 0.464. The second kappa shape index (κ2) is 9.92. The van der Waals surface area contributed by atoms with Gasteiger partial charge in [0, 0.05) is 36.7 Å². The predicted molar refractivity (Wildman–Crippen MR) is 127 cm³/mol. The van der Waals surface area contributed by atoms with Gasteiger partial charge in [-0.2, -0.15) is 4.98 Å². The van der Waals surface area contributed by atoms with Gasteiger partial charge < -0.3 is 21.1 Å². The second-order valence-electron chi connectivity index (χ2n) is 9.58. The number of nitrogens with two attached hydrogens (primary N) is 1. The van der Waals surface area contributed by atoms with Crippen LogP contribution in [0.2, 0.25) is 0 Å². The number of nitrogens with zero attached hydrogens (tertiary/aromatic N) is 4. The van der Waals surface area contributed by atoms with Crippen LogP contribution in [-0.4, -0.2) is 44.7 Å². The Morgan fingerprint density at radius 3 is 2.50 bits per heavy atom. The van der Waals surface area contributed by atoms with Gasteiger partial charge in [0.15, 0.2) is 17.3 Å². The molecule has 2 atom stereocenters. The van der Waals surface area contributed by atoms with Crippen LogP contribution in [0.4, 0.5) is 30.8 Å². The van der Waals surface area contributed by atoms with Gasteiger partial charge in [-0.1, -0.05) is 6.92 Å². The number of rotatable bonds is 6. The van der Waals surface area contributed by atoms with Crippen LogP contribution in [0.15, 0.2) is 18.3 Å². The lowest BCUT2D eigenvalue weighted by Crippen LogP contribution is -2.36. The third kappa shape index (κ3) is 4.81. The molecule has 1 saturated carbocycles. The number of primary amides is 1. The maximum atomic E-state index is 14.4. The van der Waals surface area contributed by atoms with E-state index in [1.807, 2.05) is 0 Å². The number of ether oxygens (including phenoxy) is 1. The Hall–Kier alpha value is -3.41. The smallest absolute Gasteiger partial charge is 0.224 e. The minimum atomic E-state index is -1.08. The zero-order chi connectivity index (χ0) is 25.4. The van der Waals surface area contributed by atoms with Crippen molar-refractivity contribution in [1.29, 1.82) is 0 Å². The summed E-state index contributed by atoms with van der Waals surface area (Å²) in [5.41, 5.74) is 5.90. The molecule has 1 unspecified atom stereocenters. The fraction of sp³-hybridized carbons (Fsp3) is 0.500. The first-order valence-electron chi connectivity index (χ1n) is 12.1. The van der Waals surface area contributed by atoms with E-state index in [9.17, 15) is 18.0 Å². The maximum absolute atomic E-state index is 14.4. The second-order valence-corrected chi connectivity index (χ2v) is 9.58. The SMILES string of the molecule is C[C@@H]1COCCC1Nc1ncc2nc(Nc3c(F)cc(F)cc3F)n(C3CCC(C(N)=O)CC3)c2n1. The Balaban J connectivity index is 1.53. The molecular weight excluding hydrogens is 475 g/mol. The molecule has 3 heterocycles. The molecule has 1 aromatic carbocycles. The third-order valence-corrected chi connectivity index (χ3v) is 7.10. The molecule has 2 aliphatic rings. The minimum absolute atomic E-state index is 0.138. The van der Waals surface area contributed by atoms with Crippen LogP contribution in [0.25, 0.3) is 11.2 Å². The summed E-state index contributed by atoms with van der Waals surface area (Å²) >= 11 is 0. The van der Waals surface area contributed by atoms with Gasteiger partial charge in [0.2, 0.25) is 17.8 Å². The van der Waals surface area contributed by atoms with Crippen LogP contribution >= 0.6 is 0 Å². The number of imidazole rings is 1. The first-order chi connectivity index (χ1) is 17.3. The normalized spacial score (nSPS) is 24.6. The van der Waals surface area contributed by atoms with Crippen LogP contribution < -0.4 is 16.4 Å². The molecule has 12 heteroatoms.